The molecule has 1 radical (unpaired) electrons. The van der Waals surface area contributed by atoms with Crippen LogP contribution in [0.5, 0.6) is 0 Å². The first-order chi connectivity index (χ1) is 3.13. The van der Waals surface area contributed by atoms with Gasteiger partial charge in [-0.3, -0.25) is 9.59 Å². The van der Waals surface area contributed by atoms with E-state index < -0.39 is 17.6 Å². The van der Waals surface area contributed by atoms with Crippen molar-refractivity contribution >= 4 is 22.8 Å². The molecule has 0 fully saturated rings. The van der Waals surface area contributed by atoms with E-state index in [1.807, 2.05) is 0 Å². The second kappa shape index (κ2) is 5.67. The van der Waals surface area contributed by atoms with Gasteiger partial charge in [-0.15, -0.1) is 0 Å². The van der Waals surface area contributed by atoms with Crippen LogP contribution in [0.4, 0.5) is 0 Å². The van der Waals surface area contributed by atoms with Gasteiger partial charge in [0.15, 0.2) is 0 Å². The van der Waals surface area contributed by atoms with Gasteiger partial charge in [0.1, 0.15) is 6.42 Å². The van der Waals surface area contributed by atoms with Gasteiger partial charge in [-0.1, -0.05) is 0 Å². The third-order valence-corrected chi connectivity index (χ3v) is 0.424. The molecule has 0 aliphatic carbocycles. The largest absolute Gasteiger partial charge is 0.481 e. The summed E-state index contributed by atoms with van der Waals surface area (Å²) >= 11 is 4.65. The average Bonchev–Trinajstić information content (AvgIpc) is 1.27. The number of aliphatic carboxylic acids is 1. The van der Waals surface area contributed by atoms with E-state index >= 15 is 0 Å². The van der Waals surface area contributed by atoms with Crippen LogP contribution >= 0.6 is 11.6 Å². The zero-order valence-electron chi connectivity index (χ0n) is 3.93. The summed E-state index contributed by atoms with van der Waals surface area (Å²) in [6.45, 7) is 0. The van der Waals surface area contributed by atoms with Gasteiger partial charge in [0, 0.05) is 32.7 Å². The quantitative estimate of drug-likeness (QED) is 0.525. The molecule has 1 N–H and O–H groups in total. The molecule has 0 heterocycles. The number of rotatable bonds is 2. The van der Waals surface area contributed by atoms with Crippen LogP contribution in [0, 0.1) is 0 Å². The molecule has 0 saturated heterocycles. The van der Waals surface area contributed by atoms with Crippen LogP contribution in [-0.2, 0) is 42.3 Å². The van der Waals surface area contributed by atoms with Gasteiger partial charge < -0.3 is 5.11 Å². The summed E-state index contributed by atoms with van der Waals surface area (Å²) in [6, 6.07) is 0. The number of hydrogen-bond donors (Lipinski definition) is 1. The van der Waals surface area contributed by atoms with E-state index in [2.05, 4.69) is 11.6 Å². The van der Waals surface area contributed by atoms with Gasteiger partial charge >= 0.3 is 5.97 Å². The molecule has 8 heavy (non-hydrogen) atoms. The monoisotopic (exact) mass is 211 g/mol. The molecule has 43 valence electrons. The molecule has 0 aromatic carbocycles. The Morgan fingerprint density at radius 1 is 1.50 bits per heavy atom. The summed E-state index contributed by atoms with van der Waals surface area (Å²) in [5.74, 6) is -1.19. The number of halogens is 1. The van der Waals surface area contributed by atoms with E-state index in [0.717, 1.165) is 0 Å². The summed E-state index contributed by atoms with van der Waals surface area (Å²) in [7, 11) is 0. The Labute approximate surface area is 76.3 Å². The topological polar surface area (TPSA) is 54.4 Å². The molecule has 5 heteroatoms. The van der Waals surface area contributed by atoms with Crippen molar-refractivity contribution in [3.8, 4) is 0 Å². The van der Waals surface area contributed by atoms with Crippen LogP contribution < -0.4 is 0 Å². The van der Waals surface area contributed by atoms with Crippen molar-refractivity contribution < 1.29 is 47.4 Å². The second-order valence-corrected chi connectivity index (χ2v) is 1.35. The van der Waals surface area contributed by atoms with E-state index in [0.29, 0.717) is 0 Å². The molecule has 0 unspecified atom stereocenters. The fourth-order valence-corrected chi connectivity index (χ4v) is 0.233. The third-order valence-electron chi connectivity index (χ3n) is 0.290. The average molecular weight is 211 g/mol. The smallest absolute Gasteiger partial charge is 0.312 e. The maximum absolute atomic E-state index is 9.64. The molecule has 0 spiro atoms. The number of carboxylic acid groups (broad SMARTS) is 1. The van der Waals surface area contributed by atoms with Gasteiger partial charge in [-0.2, -0.15) is 0 Å². The van der Waals surface area contributed by atoms with Crippen molar-refractivity contribution in [3.63, 3.8) is 0 Å². The molecule has 0 saturated carbocycles. The van der Waals surface area contributed by atoms with Crippen LogP contribution in [0.25, 0.3) is 0 Å². The second-order valence-electron chi connectivity index (χ2n) is 0.926. The Bertz CT molecular complexity index is 90.7. The Kier molecular flexibility index (Phi) is 8.04. The third kappa shape index (κ3) is 9.73. The van der Waals surface area contributed by atoms with Gasteiger partial charge in [-0.05, 0) is 11.6 Å². The maximum Gasteiger partial charge on any atom is 0.312 e. The predicted octanol–water partition coefficient (Wildman–Crippen LogP) is 0.224. The molecule has 0 amide bonds. The molecule has 0 aromatic rings. The summed E-state index contributed by atoms with van der Waals surface area (Å²) in [5, 5.41) is 6.94. The summed E-state index contributed by atoms with van der Waals surface area (Å²) in [4.78, 5) is 19.1. The maximum atomic E-state index is 9.64. The van der Waals surface area contributed by atoms with Gasteiger partial charge in [0.25, 0.3) is 0 Å². The molecule has 0 atom stereocenters. The van der Waals surface area contributed by atoms with E-state index in [1.165, 1.54) is 0 Å². The summed E-state index contributed by atoms with van der Waals surface area (Å²) in [6.07, 6.45) is -0.596. The van der Waals surface area contributed by atoms with Crippen LogP contribution in [0.3, 0.4) is 0 Å². The Morgan fingerprint density at radius 2 is 1.88 bits per heavy atom. The van der Waals surface area contributed by atoms with Gasteiger partial charge in [-0.25, -0.2) is 0 Å². The first-order valence-electron chi connectivity index (χ1n) is 1.53. The Morgan fingerprint density at radius 3 is 1.88 bits per heavy atom. The molecule has 3 nitrogen and oxygen atoms in total. The zero-order chi connectivity index (χ0) is 5.86. The zero-order valence-corrected chi connectivity index (χ0v) is 7.52. The van der Waals surface area contributed by atoms with E-state index in [4.69, 9.17) is 5.11 Å². The van der Waals surface area contributed by atoms with Crippen molar-refractivity contribution in [1.82, 2.24) is 0 Å². The van der Waals surface area contributed by atoms with Crippen molar-refractivity contribution in [1.29, 1.82) is 0 Å². The van der Waals surface area contributed by atoms with Crippen molar-refractivity contribution in [2.75, 3.05) is 0 Å². The summed E-state index contributed by atoms with van der Waals surface area (Å²) < 4.78 is 0. The SMILES string of the molecule is O=C(O)CC(=O)Cl.[Y]. The first kappa shape index (κ1) is 11.3. The van der Waals surface area contributed by atoms with Crippen LogP contribution in [-0.4, -0.2) is 16.3 Å². The molecular weight excluding hydrogens is 208 g/mol. The Hall–Kier alpha value is 0.534. The van der Waals surface area contributed by atoms with Crippen molar-refractivity contribution in [2.24, 2.45) is 0 Å². The fourth-order valence-electron chi connectivity index (χ4n) is 0.119. The minimum absolute atomic E-state index is 0. The van der Waals surface area contributed by atoms with E-state index in [9.17, 15) is 9.59 Å². The number of carboxylic acids is 1. The minimum atomic E-state index is -1.19. The van der Waals surface area contributed by atoms with E-state index in [1.54, 1.807) is 0 Å². The molecule has 0 rings (SSSR count). The van der Waals surface area contributed by atoms with Gasteiger partial charge in [0.2, 0.25) is 5.24 Å². The molecular formula is C3H3ClO3Y. The van der Waals surface area contributed by atoms with Crippen LogP contribution in [0.15, 0.2) is 0 Å². The van der Waals surface area contributed by atoms with Crippen LogP contribution in [0.1, 0.15) is 6.42 Å². The van der Waals surface area contributed by atoms with Crippen molar-refractivity contribution in [3.05, 3.63) is 0 Å². The number of carbonyl (C=O) groups is 2. The molecule has 0 aliphatic heterocycles. The molecule has 0 aromatic heterocycles. The Balaban J connectivity index is 0. The molecule has 0 aliphatic rings. The molecule has 0 bridgehead atoms. The summed E-state index contributed by atoms with van der Waals surface area (Å²) in [5.41, 5.74) is 0. The minimum Gasteiger partial charge on any atom is -0.481 e. The van der Waals surface area contributed by atoms with Crippen LogP contribution in [0.2, 0.25) is 0 Å². The van der Waals surface area contributed by atoms with E-state index in [-0.39, 0.29) is 32.7 Å². The first-order valence-corrected chi connectivity index (χ1v) is 1.91. The standard InChI is InChI=1S/C3H3ClO3.Y/c4-2(5)1-3(6)7;/h1H2,(H,6,7);. The predicted molar refractivity (Wildman–Crippen MR) is 23.1 cm³/mol. The number of hydrogen-bond acceptors (Lipinski definition) is 2. The fraction of sp³-hybridized carbons (Fsp3) is 0.333. The van der Waals surface area contributed by atoms with Gasteiger partial charge in [0.05, 0.1) is 0 Å². The number of carbonyl (C=O) groups excluding carboxylic acids is 1. The van der Waals surface area contributed by atoms with Crippen molar-refractivity contribution in [2.45, 2.75) is 6.42 Å². The normalized spacial score (nSPS) is 7.12.